The summed E-state index contributed by atoms with van der Waals surface area (Å²) < 4.78 is 24.9. The smallest absolute Gasteiger partial charge is 0.235 e. The average molecular weight is 423 g/mol. The van der Waals surface area contributed by atoms with E-state index in [1.54, 1.807) is 30.6 Å². The van der Waals surface area contributed by atoms with Crippen molar-refractivity contribution in [2.45, 2.75) is 29.8 Å². The number of pyridine rings is 1. The molecule has 7 nitrogen and oxygen atoms in total. The SMILES string of the molecule is CC(Sc1nnc2c(Cl)cc(Cl)cn12)C(=O)N(C)C1CCS(=O)(=O)C1. The summed E-state index contributed by atoms with van der Waals surface area (Å²) in [4.78, 5) is 14.2. The fraction of sp³-hybridized carbons (Fsp3) is 0.500. The molecule has 25 heavy (non-hydrogen) atoms. The summed E-state index contributed by atoms with van der Waals surface area (Å²) in [6.45, 7) is 1.75. The molecule has 0 radical (unpaired) electrons. The van der Waals surface area contributed by atoms with E-state index in [9.17, 15) is 13.2 Å². The Bertz CT molecular complexity index is 932. The Morgan fingerprint density at radius 2 is 2.16 bits per heavy atom. The number of halogens is 2. The Kier molecular flexibility index (Phi) is 5.21. The summed E-state index contributed by atoms with van der Waals surface area (Å²) in [5, 5.41) is 8.92. The first kappa shape index (κ1) is 18.8. The zero-order valence-corrected chi connectivity index (χ0v) is 16.7. The lowest BCUT2D eigenvalue weighted by Crippen LogP contribution is -2.41. The van der Waals surface area contributed by atoms with Gasteiger partial charge in [0.1, 0.15) is 0 Å². The predicted molar refractivity (Wildman–Crippen MR) is 98.2 cm³/mol. The van der Waals surface area contributed by atoms with Crippen LogP contribution in [-0.4, -0.2) is 63.7 Å². The fourth-order valence-electron chi connectivity index (χ4n) is 2.74. The van der Waals surface area contributed by atoms with Gasteiger partial charge in [-0.05, 0) is 19.4 Å². The lowest BCUT2D eigenvalue weighted by molar-refractivity contribution is -0.130. The second-order valence-electron chi connectivity index (χ2n) is 5.95. The molecule has 2 atom stereocenters. The molecule has 0 aromatic carbocycles. The second-order valence-corrected chi connectivity index (χ2v) is 10.3. The Morgan fingerprint density at radius 1 is 1.44 bits per heavy atom. The zero-order chi connectivity index (χ0) is 18.4. The van der Waals surface area contributed by atoms with Crippen molar-refractivity contribution in [3.8, 4) is 0 Å². The van der Waals surface area contributed by atoms with Crippen molar-refractivity contribution < 1.29 is 13.2 Å². The van der Waals surface area contributed by atoms with Crippen LogP contribution in [0.5, 0.6) is 0 Å². The number of sulfone groups is 1. The molecule has 1 aliphatic rings. The van der Waals surface area contributed by atoms with Crippen LogP contribution in [0.15, 0.2) is 17.4 Å². The molecule has 11 heteroatoms. The highest BCUT2D eigenvalue weighted by Gasteiger charge is 2.34. The van der Waals surface area contributed by atoms with Gasteiger partial charge in [-0.3, -0.25) is 9.20 Å². The minimum Gasteiger partial charge on any atom is -0.341 e. The molecule has 2 aromatic rings. The largest absolute Gasteiger partial charge is 0.341 e. The van der Waals surface area contributed by atoms with E-state index in [0.717, 1.165) is 0 Å². The number of aromatic nitrogens is 3. The first-order chi connectivity index (χ1) is 11.7. The normalized spacial score (nSPS) is 20.7. The van der Waals surface area contributed by atoms with Gasteiger partial charge >= 0.3 is 0 Å². The molecule has 1 saturated heterocycles. The van der Waals surface area contributed by atoms with Crippen molar-refractivity contribution in [2.75, 3.05) is 18.6 Å². The van der Waals surface area contributed by atoms with Gasteiger partial charge in [-0.15, -0.1) is 10.2 Å². The predicted octanol–water partition coefficient (Wildman–Crippen LogP) is 2.16. The lowest BCUT2D eigenvalue weighted by Gasteiger charge is -2.26. The van der Waals surface area contributed by atoms with Gasteiger partial charge in [0, 0.05) is 19.3 Å². The van der Waals surface area contributed by atoms with Gasteiger partial charge in [0.2, 0.25) is 5.91 Å². The molecule has 3 heterocycles. The molecule has 2 aromatic heterocycles. The molecule has 136 valence electrons. The number of hydrogen-bond donors (Lipinski definition) is 0. The third-order valence-corrected chi connectivity index (χ3v) is 7.41. The highest BCUT2D eigenvalue weighted by molar-refractivity contribution is 8.00. The highest BCUT2D eigenvalue weighted by Crippen LogP contribution is 2.28. The molecule has 1 fully saturated rings. The van der Waals surface area contributed by atoms with E-state index in [2.05, 4.69) is 10.2 Å². The molecule has 1 amide bonds. The van der Waals surface area contributed by atoms with Gasteiger partial charge in [-0.2, -0.15) is 0 Å². The third kappa shape index (κ3) is 3.89. The summed E-state index contributed by atoms with van der Waals surface area (Å²) in [6.07, 6.45) is 2.11. The minimum atomic E-state index is -3.04. The Hall–Kier alpha value is -1.03. The quantitative estimate of drug-likeness (QED) is 0.701. The molecule has 3 rings (SSSR count). The maximum absolute atomic E-state index is 12.6. The van der Waals surface area contributed by atoms with Gasteiger partial charge in [0.15, 0.2) is 20.6 Å². The summed E-state index contributed by atoms with van der Waals surface area (Å²) in [7, 11) is -1.41. The van der Waals surface area contributed by atoms with E-state index in [-0.39, 0.29) is 23.5 Å². The molecule has 1 aliphatic heterocycles. The van der Waals surface area contributed by atoms with Crippen LogP contribution < -0.4 is 0 Å². The standard InChI is InChI=1S/C14H16Cl2N4O3S2/c1-8(13(21)19(2)10-3-4-25(22,23)7-10)24-14-18-17-12-11(16)5-9(15)6-20(12)14/h5-6,8,10H,3-4,7H2,1-2H3. The van der Waals surface area contributed by atoms with Crippen LogP contribution in [0.25, 0.3) is 5.65 Å². The van der Waals surface area contributed by atoms with Crippen molar-refractivity contribution in [1.29, 1.82) is 0 Å². The molecule has 0 N–H and O–H groups in total. The molecule has 0 saturated carbocycles. The van der Waals surface area contributed by atoms with Crippen LogP contribution in [-0.2, 0) is 14.6 Å². The van der Waals surface area contributed by atoms with Crippen molar-refractivity contribution in [1.82, 2.24) is 19.5 Å². The van der Waals surface area contributed by atoms with Crippen molar-refractivity contribution in [2.24, 2.45) is 0 Å². The van der Waals surface area contributed by atoms with Crippen LogP contribution in [0, 0.1) is 0 Å². The van der Waals surface area contributed by atoms with Gasteiger partial charge in [0.25, 0.3) is 0 Å². The van der Waals surface area contributed by atoms with Crippen LogP contribution in [0.2, 0.25) is 10.0 Å². The number of nitrogens with zero attached hydrogens (tertiary/aromatic N) is 4. The second kappa shape index (κ2) is 6.94. The van der Waals surface area contributed by atoms with E-state index in [1.807, 2.05) is 0 Å². The summed E-state index contributed by atoms with van der Waals surface area (Å²) in [6, 6.07) is 1.30. The number of amides is 1. The van der Waals surface area contributed by atoms with Crippen LogP contribution >= 0.6 is 35.0 Å². The summed E-state index contributed by atoms with van der Waals surface area (Å²) in [5.74, 6) is -0.00843. The van der Waals surface area contributed by atoms with Crippen LogP contribution in [0.1, 0.15) is 13.3 Å². The van der Waals surface area contributed by atoms with E-state index >= 15 is 0 Å². The number of thioether (sulfide) groups is 1. The monoisotopic (exact) mass is 422 g/mol. The maximum Gasteiger partial charge on any atom is 0.235 e. The summed E-state index contributed by atoms with van der Waals surface area (Å²) >= 11 is 13.3. The third-order valence-electron chi connectivity index (χ3n) is 4.13. The molecule has 0 bridgehead atoms. The topological polar surface area (TPSA) is 84.6 Å². The van der Waals surface area contributed by atoms with Crippen molar-refractivity contribution in [3.05, 3.63) is 22.3 Å². The lowest BCUT2D eigenvalue weighted by atomic mass is 10.2. The van der Waals surface area contributed by atoms with E-state index in [0.29, 0.717) is 27.3 Å². The van der Waals surface area contributed by atoms with Crippen molar-refractivity contribution >= 4 is 56.4 Å². The van der Waals surface area contributed by atoms with Crippen molar-refractivity contribution in [3.63, 3.8) is 0 Å². The first-order valence-corrected chi connectivity index (χ1v) is 11.0. The van der Waals surface area contributed by atoms with Crippen LogP contribution in [0.3, 0.4) is 0 Å². The van der Waals surface area contributed by atoms with Gasteiger partial charge in [-0.25, -0.2) is 8.42 Å². The van der Waals surface area contributed by atoms with Crippen LogP contribution in [0.4, 0.5) is 0 Å². The maximum atomic E-state index is 12.6. The highest BCUT2D eigenvalue weighted by atomic mass is 35.5. The number of hydrogen-bond acceptors (Lipinski definition) is 6. The fourth-order valence-corrected chi connectivity index (χ4v) is 5.95. The molecular formula is C14H16Cl2N4O3S2. The molecule has 0 aliphatic carbocycles. The number of rotatable bonds is 4. The Balaban J connectivity index is 1.76. The van der Waals surface area contributed by atoms with E-state index in [1.165, 1.54) is 16.7 Å². The molecular weight excluding hydrogens is 407 g/mol. The summed E-state index contributed by atoms with van der Waals surface area (Å²) in [5.41, 5.74) is 0.462. The number of carbonyl (C=O) groups is 1. The zero-order valence-electron chi connectivity index (χ0n) is 13.5. The van der Waals surface area contributed by atoms with E-state index < -0.39 is 15.1 Å². The average Bonchev–Trinajstić information content (AvgIpc) is 3.09. The molecule has 2 unspecified atom stereocenters. The van der Waals surface area contributed by atoms with Gasteiger partial charge in [-0.1, -0.05) is 35.0 Å². The van der Waals surface area contributed by atoms with Gasteiger partial charge in [0.05, 0.1) is 26.8 Å². The van der Waals surface area contributed by atoms with Gasteiger partial charge < -0.3 is 4.90 Å². The van der Waals surface area contributed by atoms with E-state index in [4.69, 9.17) is 23.2 Å². The Morgan fingerprint density at radius 3 is 2.80 bits per heavy atom. The molecule has 0 spiro atoms. The Labute approximate surface area is 159 Å². The number of carbonyl (C=O) groups excluding carboxylic acids is 1. The first-order valence-electron chi connectivity index (χ1n) is 7.51. The number of fused-ring (bicyclic) bond motifs is 1. The minimum absolute atomic E-state index is 0.0195.